The Morgan fingerprint density at radius 1 is 1.08 bits per heavy atom. The van der Waals surface area contributed by atoms with E-state index in [0.717, 1.165) is 54.0 Å². The van der Waals surface area contributed by atoms with Crippen LogP contribution in [-0.2, 0) is 15.9 Å². The second kappa shape index (κ2) is 7.38. The Morgan fingerprint density at radius 2 is 1.96 bits per heavy atom. The number of pyridine rings is 1. The predicted molar refractivity (Wildman–Crippen MR) is 99.9 cm³/mol. The average Bonchev–Trinajstić information content (AvgIpc) is 2.66. The lowest BCUT2D eigenvalue weighted by atomic mass is 9.99. The molecule has 2 aromatic carbocycles. The highest BCUT2D eigenvalue weighted by Crippen LogP contribution is 2.25. The van der Waals surface area contributed by atoms with Crippen molar-refractivity contribution in [2.75, 3.05) is 13.2 Å². The van der Waals surface area contributed by atoms with E-state index in [1.54, 1.807) is 0 Å². The van der Waals surface area contributed by atoms with Crippen molar-refractivity contribution in [2.24, 2.45) is 0 Å². The van der Waals surface area contributed by atoms with E-state index in [1.807, 2.05) is 36.4 Å². The number of aromatic nitrogens is 1. The van der Waals surface area contributed by atoms with Gasteiger partial charge in [0.05, 0.1) is 6.61 Å². The van der Waals surface area contributed by atoms with Crippen molar-refractivity contribution in [1.82, 2.24) is 4.98 Å². The van der Waals surface area contributed by atoms with E-state index < -0.39 is 0 Å². The number of hydrogen-bond acceptors (Lipinski definition) is 3. The fourth-order valence-electron chi connectivity index (χ4n) is 3.64. The van der Waals surface area contributed by atoms with Crippen molar-refractivity contribution in [1.29, 1.82) is 0 Å². The van der Waals surface area contributed by atoms with Crippen LogP contribution in [0.5, 0.6) is 0 Å². The summed E-state index contributed by atoms with van der Waals surface area (Å²) in [5.41, 5.74) is 2.12. The van der Waals surface area contributed by atoms with Crippen molar-refractivity contribution in [3.8, 4) is 0 Å². The van der Waals surface area contributed by atoms with Crippen LogP contribution in [0, 0.1) is 0 Å². The second-order valence-corrected chi connectivity index (χ2v) is 6.61. The molecule has 4 heteroatoms. The molecule has 2 heterocycles. The minimum Gasteiger partial charge on any atom is -0.353 e. The Kier molecular flexibility index (Phi) is 4.81. The summed E-state index contributed by atoms with van der Waals surface area (Å²) in [6.45, 7) is 1.51. The van der Waals surface area contributed by atoms with Crippen LogP contribution in [0.1, 0.15) is 31.2 Å². The van der Waals surface area contributed by atoms with Gasteiger partial charge in [0.2, 0.25) is 0 Å². The number of H-pyrrole nitrogens is 1. The summed E-state index contributed by atoms with van der Waals surface area (Å²) in [7, 11) is 0. The summed E-state index contributed by atoms with van der Waals surface area (Å²) in [5, 5.41) is 2.91. The summed E-state index contributed by atoms with van der Waals surface area (Å²) >= 11 is 0. The molecular weight excluding hydrogens is 314 g/mol. The molecule has 130 valence electrons. The molecule has 1 atom stereocenters. The van der Waals surface area contributed by atoms with Gasteiger partial charge in [0.25, 0.3) is 5.56 Å². The third-order valence-electron chi connectivity index (χ3n) is 4.87. The second-order valence-electron chi connectivity index (χ2n) is 6.61. The molecule has 1 N–H and O–H groups in total. The Bertz CT molecular complexity index is 925. The van der Waals surface area contributed by atoms with Crippen LogP contribution in [0.3, 0.4) is 0 Å². The van der Waals surface area contributed by atoms with Gasteiger partial charge in [-0.1, -0.05) is 30.3 Å². The monoisotopic (exact) mass is 337 g/mol. The van der Waals surface area contributed by atoms with Gasteiger partial charge in [-0.15, -0.1) is 0 Å². The Labute approximate surface area is 146 Å². The quantitative estimate of drug-likeness (QED) is 0.562. The lowest BCUT2D eigenvalue weighted by molar-refractivity contribution is -0.162. The van der Waals surface area contributed by atoms with Crippen LogP contribution < -0.4 is 5.56 Å². The molecule has 0 saturated carbocycles. The number of benzene rings is 2. The van der Waals surface area contributed by atoms with Gasteiger partial charge in [-0.05, 0) is 55.2 Å². The number of ether oxygens (including phenoxy) is 2. The van der Waals surface area contributed by atoms with Crippen LogP contribution in [0.15, 0.2) is 47.3 Å². The summed E-state index contributed by atoms with van der Waals surface area (Å²) in [6.07, 6.45) is 5.15. The molecule has 25 heavy (non-hydrogen) atoms. The maximum absolute atomic E-state index is 12.2. The van der Waals surface area contributed by atoms with Gasteiger partial charge in [0, 0.05) is 22.9 Å². The van der Waals surface area contributed by atoms with E-state index in [-0.39, 0.29) is 11.8 Å². The molecule has 0 bridgehead atoms. The first-order chi connectivity index (χ1) is 12.3. The maximum Gasteiger partial charge on any atom is 0.256 e. The van der Waals surface area contributed by atoms with Crippen LogP contribution in [0.2, 0.25) is 0 Å². The number of aromatic amines is 1. The molecule has 0 amide bonds. The highest BCUT2D eigenvalue weighted by molar-refractivity contribution is 6.06. The molecule has 1 fully saturated rings. The Balaban J connectivity index is 1.55. The third-order valence-corrected chi connectivity index (χ3v) is 4.87. The molecule has 1 unspecified atom stereocenters. The van der Waals surface area contributed by atoms with Crippen molar-refractivity contribution in [3.05, 3.63) is 58.4 Å². The number of nitrogens with one attached hydrogen (secondary N) is 1. The first-order valence-electron chi connectivity index (χ1n) is 9.09. The maximum atomic E-state index is 12.2. The normalized spacial score (nSPS) is 18.0. The zero-order chi connectivity index (χ0) is 17.1. The van der Waals surface area contributed by atoms with Crippen molar-refractivity contribution in [2.45, 2.75) is 38.4 Å². The lowest BCUT2D eigenvalue weighted by Gasteiger charge is -2.22. The number of aryl methyl sites for hydroxylation is 1. The summed E-state index contributed by atoms with van der Waals surface area (Å²) in [4.78, 5) is 15.3. The smallest absolute Gasteiger partial charge is 0.256 e. The van der Waals surface area contributed by atoms with E-state index in [2.05, 4.69) is 11.1 Å². The minimum atomic E-state index is -0.0296. The number of fused-ring (bicyclic) bond motifs is 3. The van der Waals surface area contributed by atoms with Gasteiger partial charge in [-0.25, -0.2) is 0 Å². The summed E-state index contributed by atoms with van der Waals surface area (Å²) in [6, 6.07) is 13.9. The van der Waals surface area contributed by atoms with Crippen molar-refractivity contribution < 1.29 is 9.47 Å². The van der Waals surface area contributed by atoms with Crippen LogP contribution in [0.25, 0.3) is 21.7 Å². The first-order valence-corrected chi connectivity index (χ1v) is 9.09. The molecule has 4 rings (SSSR count). The largest absolute Gasteiger partial charge is 0.353 e. The van der Waals surface area contributed by atoms with E-state index >= 15 is 0 Å². The van der Waals surface area contributed by atoms with Gasteiger partial charge >= 0.3 is 0 Å². The van der Waals surface area contributed by atoms with Crippen molar-refractivity contribution >= 4 is 21.7 Å². The molecule has 1 saturated heterocycles. The zero-order valence-corrected chi connectivity index (χ0v) is 14.3. The van der Waals surface area contributed by atoms with Crippen molar-refractivity contribution in [3.63, 3.8) is 0 Å². The molecule has 1 aromatic heterocycles. The SMILES string of the molecule is O=c1[nH]c2cccc(CCCOC3CCCCO3)c2c2ccccc12. The van der Waals surface area contributed by atoms with E-state index in [0.29, 0.717) is 6.61 Å². The van der Waals surface area contributed by atoms with E-state index in [9.17, 15) is 4.79 Å². The zero-order valence-electron chi connectivity index (χ0n) is 14.3. The van der Waals surface area contributed by atoms with Crippen LogP contribution >= 0.6 is 0 Å². The fraction of sp³-hybridized carbons (Fsp3) is 0.381. The summed E-state index contributed by atoms with van der Waals surface area (Å²) in [5.74, 6) is 0. The topological polar surface area (TPSA) is 51.3 Å². The standard InChI is InChI=1S/C21H23NO3/c23-21-17-10-2-1-9-16(17)20-15(7-5-11-18(20)22-21)8-6-14-25-19-12-3-4-13-24-19/h1-2,5,7,9-11,19H,3-4,6,8,12-14H2,(H,22,23). The molecule has 0 aliphatic carbocycles. The predicted octanol–water partition coefficient (Wildman–Crippen LogP) is 4.16. The van der Waals surface area contributed by atoms with Gasteiger partial charge in [0.15, 0.2) is 6.29 Å². The first kappa shape index (κ1) is 16.3. The molecule has 3 aromatic rings. The minimum absolute atomic E-state index is 0.0292. The lowest BCUT2D eigenvalue weighted by Crippen LogP contribution is -2.22. The van der Waals surface area contributed by atoms with Gasteiger partial charge in [0.1, 0.15) is 0 Å². The average molecular weight is 337 g/mol. The van der Waals surface area contributed by atoms with E-state index in [1.165, 1.54) is 12.0 Å². The van der Waals surface area contributed by atoms with Crippen LogP contribution in [0.4, 0.5) is 0 Å². The van der Waals surface area contributed by atoms with E-state index in [4.69, 9.17) is 9.47 Å². The van der Waals surface area contributed by atoms with Gasteiger partial charge in [-0.3, -0.25) is 4.79 Å². The highest BCUT2D eigenvalue weighted by Gasteiger charge is 2.14. The third kappa shape index (κ3) is 3.46. The van der Waals surface area contributed by atoms with Crippen LogP contribution in [-0.4, -0.2) is 24.5 Å². The molecule has 4 nitrogen and oxygen atoms in total. The molecule has 0 radical (unpaired) electrons. The summed E-state index contributed by atoms with van der Waals surface area (Å²) < 4.78 is 11.5. The number of rotatable bonds is 5. The van der Waals surface area contributed by atoms with Gasteiger partial charge < -0.3 is 14.5 Å². The molecule has 1 aliphatic rings. The van der Waals surface area contributed by atoms with Gasteiger partial charge in [-0.2, -0.15) is 0 Å². The molecular formula is C21H23NO3. The highest BCUT2D eigenvalue weighted by atomic mass is 16.7. The fourth-order valence-corrected chi connectivity index (χ4v) is 3.64. The molecule has 1 aliphatic heterocycles. The Hall–Kier alpha value is -2.17. The Morgan fingerprint density at radius 3 is 2.80 bits per heavy atom. The molecule has 0 spiro atoms. The number of hydrogen-bond donors (Lipinski definition) is 1.